The van der Waals surface area contributed by atoms with Gasteiger partial charge in [-0.15, -0.1) is 0 Å². The monoisotopic (exact) mass is 268 g/mol. The van der Waals surface area contributed by atoms with E-state index in [1.807, 2.05) is 24.1 Å². The van der Waals surface area contributed by atoms with E-state index in [4.69, 9.17) is 16.0 Å². The third-order valence-corrected chi connectivity index (χ3v) is 2.99. The van der Waals surface area contributed by atoms with Crippen LogP contribution < -0.4 is 10.2 Å². The topological polar surface area (TPSA) is 28.4 Å². The summed E-state index contributed by atoms with van der Waals surface area (Å²) in [5, 5.41) is 3.33. The van der Waals surface area contributed by atoms with Crippen LogP contribution >= 0.6 is 11.6 Å². The minimum Gasteiger partial charge on any atom is -0.467 e. The Morgan fingerprint density at radius 2 is 2.17 bits per heavy atom. The lowest BCUT2D eigenvalue weighted by Gasteiger charge is -2.23. The Hall–Kier alpha value is -1.68. The molecule has 2 aromatic rings. The van der Waals surface area contributed by atoms with E-state index < -0.39 is 0 Å². The van der Waals surface area contributed by atoms with Gasteiger partial charge in [-0.3, -0.25) is 0 Å². The summed E-state index contributed by atoms with van der Waals surface area (Å²) in [6, 6.07) is 6.57. The van der Waals surface area contributed by atoms with Gasteiger partial charge in [-0.05, 0) is 24.3 Å². The number of nitrogens with zero attached hydrogens (tertiary/aromatic N) is 1. The molecular weight excluding hydrogens is 255 g/mol. The van der Waals surface area contributed by atoms with Crippen LogP contribution in [0.3, 0.4) is 0 Å². The maximum absolute atomic E-state index is 13.7. The van der Waals surface area contributed by atoms with Crippen molar-refractivity contribution in [3.05, 3.63) is 47.1 Å². The third kappa shape index (κ3) is 2.43. The summed E-state index contributed by atoms with van der Waals surface area (Å²) >= 11 is 6.14. The molecule has 1 heterocycles. The quantitative estimate of drug-likeness (QED) is 0.915. The number of hydrogen-bond donors (Lipinski definition) is 1. The Bertz CT molecular complexity index is 528. The van der Waals surface area contributed by atoms with Crippen LogP contribution in [0.2, 0.25) is 5.02 Å². The van der Waals surface area contributed by atoms with Crippen molar-refractivity contribution >= 4 is 23.0 Å². The van der Waals surface area contributed by atoms with Crippen LogP contribution in [-0.2, 0) is 6.54 Å². The maximum atomic E-state index is 13.7. The second-order valence-electron chi connectivity index (χ2n) is 3.94. The molecular formula is C13H14ClFN2O. The first-order valence-corrected chi connectivity index (χ1v) is 5.90. The lowest BCUT2D eigenvalue weighted by molar-refractivity contribution is 0.507. The molecule has 0 saturated heterocycles. The van der Waals surface area contributed by atoms with E-state index in [2.05, 4.69) is 5.32 Å². The largest absolute Gasteiger partial charge is 0.467 e. The van der Waals surface area contributed by atoms with Crippen LogP contribution in [0.4, 0.5) is 15.8 Å². The van der Waals surface area contributed by atoms with Crippen molar-refractivity contribution < 1.29 is 8.81 Å². The van der Waals surface area contributed by atoms with Gasteiger partial charge in [0.1, 0.15) is 11.6 Å². The molecule has 0 aliphatic heterocycles. The minimum absolute atomic E-state index is 0.330. The van der Waals surface area contributed by atoms with Crippen LogP contribution in [0.1, 0.15) is 5.76 Å². The summed E-state index contributed by atoms with van der Waals surface area (Å²) in [7, 11) is 3.50. The first kappa shape index (κ1) is 12.8. The molecule has 0 aliphatic carbocycles. The summed E-state index contributed by atoms with van der Waals surface area (Å²) in [6.45, 7) is 0.519. The number of nitrogens with one attached hydrogen (secondary N) is 1. The SMILES string of the molecule is CNc1c(F)ccc(Cl)c1N(C)Cc1ccco1. The zero-order chi connectivity index (χ0) is 13.1. The highest BCUT2D eigenvalue weighted by atomic mass is 35.5. The summed E-state index contributed by atoms with van der Waals surface area (Å²) < 4.78 is 19.0. The summed E-state index contributed by atoms with van der Waals surface area (Å²) in [5.74, 6) is 0.461. The van der Waals surface area contributed by atoms with E-state index in [1.165, 1.54) is 6.07 Å². The number of hydrogen-bond acceptors (Lipinski definition) is 3. The van der Waals surface area contributed by atoms with E-state index in [9.17, 15) is 4.39 Å². The average molecular weight is 269 g/mol. The van der Waals surface area contributed by atoms with Crippen LogP contribution in [0.25, 0.3) is 0 Å². The Morgan fingerprint density at radius 1 is 1.39 bits per heavy atom. The molecule has 5 heteroatoms. The number of anilines is 2. The minimum atomic E-state index is -0.330. The van der Waals surface area contributed by atoms with E-state index in [0.717, 1.165) is 5.76 Å². The molecule has 1 aromatic heterocycles. The van der Waals surface area contributed by atoms with Crippen molar-refractivity contribution in [3.8, 4) is 0 Å². The Morgan fingerprint density at radius 3 is 2.78 bits per heavy atom. The first-order chi connectivity index (χ1) is 8.63. The van der Waals surface area contributed by atoms with Gasteiger partial charge < -0.3 is 14.6 Å². The molecule has 0 saturated carbocycles. The first-order valence-electron chi connectivity index (χ1n) is 5.52. The van der Waals surface area contributed by atoms with Crippen LogP contribution in [0.15, 0.2) is 34.9 Å². The fraction of sp³-hybridized carbons (Fsp3) is 0.231. The van der Waals surface area contributed by atoms with E-state index in [-0.39, 0.29) is 5.82 Å². The fourth-order valence-electron chi connectivity index (χ4n) is 1.87. The normalized spacial score (nSPS) is 10.4. The summed E-state index contributed by atoms with van der Waals surface area (Å²) in [6.07, 6.45) is 1.61. The van der Waals surface area contributed by atoms with Gasteiger partial charge in [0.05, 0.1) is 29.2 Å². The summed E-state index contributed by atoms with van der Waals surface area (Å²) in [4.78, 5) is 1.84. The molecule has 1 aromatic carbocycles. The molecule has 96 valence electrons. The zero-order valence-corrected chi connectivity index (χ0v) is 11.0. The van der Waals surface area contributed by atoms with Crippen molar-refractivity contribution in [3.63, 3.8) is 0 Å². The zero-order valence-electron chi connectivity index (χ0n) is 10.2. The molecule has 0 aliphatic rings. The second kappa shape index (κ2) is 5.31. The summed E-state index contributed by atoms with van der Waals surface area (Å²) in [5.41, 5.74) is 1.01. The third-order valence-electron chi connectivity index (χ3n) is 2.68. The van der Waals surface area contributed by atoms with Gasteiger partial charge in [-0.2, -0.15) is 0 Å². The van der Waals surface area contributed by atoms with Gasteiger partial charge in [0, 0.05) is 14.1 Å². The highest BCUT2D eigenvalue weighted by Crippen LogP contribution is 2.35. The molecule has 1 N–H and O–H groups in total. The smallest absolute Gasteiger partial charge is 0.148 e. The molecule has 0 bridgehead atoms. The molecule has 0 radical (unpaired) electrons. The van der Waals surface area contributed by atoms with Gasteiger partial charge in [-0.1, -0.05) is 11.6 Å². The highest BCUT2D eigenvalue weighted by Gasteiger charge is 2.16. The molecule has 0 atom stereocenters. The molecule has 0 amide bonds. The second-order valence-corrected chi connectivity index (χ2v) is 4.35. The highest BCUT2D eigenvalue weighted by molar-refractivity contribution is 6.34. The van der Waals surface area contributed by atoms with Gasteiger partial charge >= 0.3 is 0 Å². The number of benzene rings is 1. The van der Waals surface area contributed by atoms with E-state index >= 15 is 0 Å². The van der Waals surface area contributed by atoms with Crippen molar-refractivity contribution in [2.45, 2.75) is 6.54 Å². The van der Waals surface area contributed by atoms with Crippen molar-refractivity contribution in [2.75, 3.05) is 24.3 Å². The molecule has 18 heavy (non-hydrogen) atoms. The molecule has 0 fully saturated rings. The van der Waals surface area contributed by atoms with Crippen molar-refractivity contribution in [2.24, 2.45) is 0 Å². The van der Waals surface area contributed by atoms with Crippen LogP contribution in [0.5, 0.6) is 0 Å². The van der Waals surface area contributed by atoms with Crippen LogP contribution in [0, 0.1) is 5.82 Å². The Kier molecular flexibility index (Phi) is 3.77. The Balaban J connectivity index is 2.34. The van der Waals surface area contributed by atoms with Crippen molar-refractivity contribution in [1.82, 2.24) is 0 Å². The predicted molar refractivity (Wildman–Crippen MR) is 71.8 cm³/mol. The average Bonchev–Trinajstić information content (AvgIpc) is 2.84. The van der Waals surface area contributed by atoms with Crippen LogP contribution in [-0.4, -0.2) is 14.1 Å². The van der Waals surface area contributed by atoms with Gasteiger partial charge in [0.15, 0.2) is 0 Å². The molecule has 3 nitrogen and oxygen atoms in total. The van der Waals surface area contributed by atoms with E-state index in [0.29, 0.717) is 22.9 Å². The Labute approximate surface area is 110 Å². The van der Waals surface area contributed by atoms with Gasteiger partial charge in [0.25, 0.3) is 0 Å². The lowest BCUT2D eigenvalue weighted by atomic mass is 10.2. The van der Waals surface area contributed by atoms with E-state index in [1.54, 1.807) is 19.4 Å². The number of halogens is 2. The predicted octanol–water partition coefficient (Wildman–Crippen LogP) is 3.75. The standard InChI is InChI=1S/C13H14ClFN2O/c1-16-12-11(15)6-5-10(14)13(12)17(2)8-9-4-3-7-18-9/h3-7,16H,8H2,1-2H3. The number of furan rings is 1. The lowest BCUT2D eigenvalue weighted by Crippen LogP contribution is -2.18. The molecule has 2 rings (SSSR count). The molecule has 0 unspecified atom stereocenters. The van der Waals surface area contributed by atoms with Crippen molar-refractivity contribution in [1.29, 1.82) is 0 Å². The van der Waals surface area contributed by atoms with Gasteiger partial charge in [-0.25, -0.2) is 4.39 Å². The molecule has 0 spiro atoms. The van der Waals surface area contributed by atoms with Gasteiger partial charge in [0.2, 0.25) is 0 Å². The fourth-order valence-corrected chi connectivity index (χ4v) is 2.17. The number of rotatable bonds is 4. The maximum Gasteiger partial charge on any atom is 0.148 e.